The molecule has 1 atom stereocenters. The lowest BCUT2D eigenvalue weighted by atomic mass is 10.1. The number of carbonyl (C=O) groups excluding carboxylic acids is 1. The minimum Gasteiger partial charge on any atom is -0.482 e. The smallest absolute Gasteiger partial charge is 0.326 e. The summed E-state index contributed by atoms with van der Waals surface area (Å²) in [6, 6.07) is 3.48. The number of carbonyl (C=O) groups is 2. The highest BCUT2D eigenvalue weighted by molar-refractivity contribution is 6.35. The summed E-state index contributed by atoms with van der Waals surface area (Å²) >= 11 is 11.7. The van der Waals surface area contributed by atoms with Crippen molar-refractivity contribution in [2.24, 2.45) is 0 Å². The Kier molecular flexibility index (Phi) is 5.84. The molecule has 0 saturated carbocycles. The van der Waals surface area contributed by atoms with E-state index in [0.29, 0.717) is 10.7 Å². The number of nitrogens with zero attached hydrogens (tertiary/aromatic N) is 1. The number of hydrogen-bond acceptors (Lipinski definition) is 4. The number of ether oxygens (including phenoxy) is 1. The second-order valence-corrected chi connectivity index (χ2v) is 5.45. The van der Waals surface area contributed by atoms with Crippen LogP contribution < -0.4 is 10.1 Å². The lowest BCUT2D eigenvalue weighted by Crippen LogP contribution is -2.44. The third kappa shape index (κ3) is 5.15. The molecule has 0 aliphatic heterocycles. The number of halogens is 2. The molecule has 0 saturated heterocycles. The molecule has 1 heterocycles. The van der Waals surface area contributed by atoms with Crippen molar-refractivity contribution >= 4 is 35.1 Å². The zero-order valence-corrected chi connectivity index (χ0v) is 13.3. The molecule has 1 amide bonds. The average molecular weight is 358 g/mol. The van der Waals surface area contributed by atoms with Gasteiger partial charge in [-0.3, -0.25) is 4.79 Å². The molecule has 0 spiro atoms. The fraction of sp³-hybridized carbons (Fsp3) is 0.214. The number of aromatic nitrogens is 2. The molecule has 1 aromatic heterocycles. The molecule has 7 nitrogen and oxygen atoms in total. The van der Waals surface area contributed by atoms with Gasteiger partial charge in [0.05, 0.1) is 11.3 Å². The van der Waals surface area contributed by atoms with Gasteiger partial charge in [0.1, 0.15) is 11.8 Å². The van der Waals surface area contributed by atoms with Gasteiger partial charge < -0.3 is 20.1 Å². The van der Waals surface area contributed by atoms with Crippen molar-refractivity contribution in [3.05, 3.63) is 46.5 Å². The van der Waals surface area contributed by atoms with Crippen molar-refractivity contribution in [3.8, 4) is 5.75 Å². The van der Waals surface area contributed by atoms with E-state index in [0.717, 1.165) is 0 Å². The SMILES string of the molecule is O=C(COc1ccc(Cl)cc1Cl)N[C@@H](Cc1cnc[nH]1)C(=O)O. The van der Waals surface area contributed by atoms with Crippen LogP contribution in [0.1, 0.15) is 5.69 Å². The fourth-order valence-electron chi connectivity index (χ4n) is 1.79. The van der Waals surface area contributed by atoms with Gasteiger partial charge in [-0.05, 0) is 18.2 Å². The highest BCUT2D eigenvalue weighted by atomic mass is 35.5. The summed E-state index contributed by atoms with van der Waals surface area (Å²) in [5, 5.41) is 12.2. The number of carboxylic acid groups (broad SMARTS) is 1. The molecule has 0 fully saturated rings. The Labute approximate surface area is 141 Å². The zero-order chi connectivity index (χ0) is 16.8. The van der Waals surface area contributed by atoms with Crippen LogP contribution in [-0.2, 0) is 16.0 Å². The third-order valence-electron chi connectivity index (χ3n) is 2.86. The maximum Gasteiger partial charge on any atom is 0.326 e. The summed E-state index contributed by atoms with van der Waals surface area (Å²) in [4.78, 5) is 29.6. The van der Waals surface area contributed by atoms with Crippen molar-refractivity contribution in [3.63, 3.8) is 0 Å². The first-order valence-electron chi connectivity index (χ1n) is 6.53. The van der Waals surface area contributed by atoms with Crippen LogP contribution in [0.3, 0.4) is 0 Å². The first-order valence-corrected chi connectivity index (χ1v) is 7.28. The highest BCUT2D eigenvalue weighted by Crippen LogP contribution is 2.27. The van der Waals surface area contributed by atoms with E-state index in [4.69, 9.17) is 33.0 Å². The van der Waals surface area contributed by atoms with E-state index in [1.54, 1.807) is 6.07 Å². The third-order valence-corrected chi connectivity index (χ3v) is 3.40. The van der Waals surface area contributed by atoms with Gasteiger partial charge in [0.15, 0.2) is 6.61 Å². The van der Waals surface area contributed by atoms with Crippen LogP contribution >= 0.6 is 23.2 Å². The van der Waals surface area contributed by atoms with E-state index >= 15 is 0 Å². The van der Waals surface area contributed by atoms with E-state index in [-0.39, 0.29) is 23.8 Å². The minimum atomic E-state index is -1.16. The van der Waals surface area contributed by atoms with E-state index in [9.17, 15) is 9.59 Å². The quantitative estimate of drug-likeness (QED) is 0.701. The summed E-state index contributed by atoms with van der Waals surface area (Å²) in [5.74, 6) is -1.45. The minimum absolute atomic E-state index is 0.0861. The number of hydrogen-bond donors (Lipinski definition) is 3. The summed E-state index contributed by atoms with van der Waals surface area (Å²) < 4.78 is 5.25. The number of carboxylic acids is 1. The largest absolute Gasteiger partial charge is 0.482 e. The van der Waals surface area contributed by atoms with Crippen LogP contribution in [0.25, 0.3) is 0 Å². The number of nitrogens with one attached hydrogen (secondary N) is 2. The van der Waals surface area contributed by atoms with E-state index in [2.05, 4.69) is 15.3 Å². The molecular weight excluding hydrogens is 345 g/mol. The topological polar surface area (TPSA) is 104 Å². The predicted octanol–water partition coefficient (Wildman–Crippen LogP) is 1.91. The number of rotatable bonds is 7. The molecular formula is C14H13Cl2N3O4. The van der Waals surface area contributed by atoms with E-state index in [1.165, 1.54) is 24.7 Å². The molecule has 3 N–H and O–H groups in total. The van der Waals surface area contributed by atoms with Crippen LogP contribution in [0.15, 0.2) is 30.7 Å². The predicted molar refractivity (Wildman–Crippen MR) is 83.8 cm³/mol. The molecule has 23 heavy (non-hydrogen) atoms. The molecule has 0 aliphatic carbocycles. The molecule has 2 rings (SSSR count). The standard InChI is InChI=1S/C14H13Cl2N3O4/c15-8-1-2-12(10(16)3-8)23-6-13(20)19-11(14(21)22)4-9-5-17-7-18-9/h1-3,5,7,11H,4,6H2,(H,17,18)(H,19,20)(H,21,22)/t11-/m0/s1. The van der Waals surface area contributed by atoms with Crippen LogP contribution in [-0.4, -0.2) is 39.6 Å². The Balaban J connectivity index is 1.90. The zero-order valence-electron chi connectivity index (χ0n) is 11.8. The lowest BCUT2D eigenvalue weighted by molar-refractivity contribution is -0.142. The highest BCUT2D eigenvalue weighted by Gasteiger charge is 2.21. The first kappa shape index (κ1) is 17.1. The maximum atomic E-state index is 11.8. The van der Waals surface area contributed by atoms with E-state index < -0.39 is 17.9 Å². The van der Waals surface area contributed by atoms with Crippen molar-refractivity contribution in [1.82, 2.24) is 15.3 Å². The average Bonchev–Trinajstić information content (AvgIpc) is 2.98. The van der Waals surface area contributed by atoms with Crippen LogP contribution in [0, 0.1) is 0 Å². The first-order chi connectivity index (χ1) is 11.0. The Morgan fingerprint density at radius 3 is 2.78 bits per heavy atom. The van der Waals surface area contributed by atoms with Gasteiger partial charge in [0.2, 0.25) is 0 Å². The van der Waals surface area contributed by atoms with Gasteiger partial charge in [0, 0.05) is 23.3 Å². The van der Waals surface area contributed by atoms with Crippen molar-refractivity contribution in [2.45, 2.75) is 12.5 Å². The molecule has 9 heteroatoms. The molecule has 122 valence electrons. The van der Waals surface area contributed by atoms with Gasteiger partial charge in [-0.25, -0.2) is 9.78 Å². The van der Waals surface area contributed by atoms with Crippen molar-refractivity contribution in [1.29, 1.82) is 0 Å². The Morgan fingerprint density at radius 1 is 1.39 bits per heavy atom. The fourth-order valence-corrected chi connectivity index (χ4v) is 2.25. The van der Waals surface area contributed by atoms with Gasteiger partial charge in [-0.1, -0.05) is 23.2 Å². The van der Waals surface area contributed by atoms with E-state index in [1.807, 2.05) is 0 Å². The summed E-state index contributed by atoms with van der Waals surface area (Å²) in [5.41, 5.74) is 0.597. The Hall–Kier alpha value is -2.25. The number of amides is 1. The molecule has 1 aromatic carbocycles. The number of benzene rings is 1. The summed E-state index contributed by atoms with van der Waals surface area (Å²) in [7, 11) is 0. The number of aliphatic carboxylic acids is 1. The molecule has 0 bridgehead atoms. The lowest BCUT2D eigenvalue weighted by Gasteiger charge is -2.14. The van der Waals surface area contributed by atoms with Crippen LogP contribution in [0.2, 0.25) is 10.0 Å². The maximum absolute atomic E-state index is 11.8. The number of imidazole rings is 1. The number of H-pyrrole nitrogens is 1. The van der Waals surface area contributed by atoms with Crippen LogP contribution in [0.4, 0.5) is 0 Å². The second-order valence-electron chi connectivity index (χ2n) is 4.60. The molecule has 2 aromatic rings. The summed E-state index contributed by atoms with van der Waals surface area (Å²) in [6.45, 7) is -0.367. The van der Waals surface area contributed by atoms with Crippen molar-refractivity contribution in [2.75, 3.05) is 6.61 Å². The van der Waals surface area contributed by atoms with Crippen molar-refractivity contribution < 1.29 is 19.4 Å². The molecule has 0 radical (unpaired) electrons. The second kappa shape index (κ2) is 7.85. The monoisotopic (exact) mass is 357 g/mol. The number of aromatic amines is 1. The van der Waals surface area contributed by atoms with Gasteiger partial charge in [-0.2, -0.15) is 0 Å². The molecule has 0 aliphatic rings. The molecule has 0 unspecified atom stereocenters. The van der Waals surface area contributed by atoms with Gasteiger partial charge >= 0.3 is 5.97 Å². The van der Waals surface area contributed by atoms with Gasteiger partial charge in [-0.15, -0.1) is 0 Å². The summed E-state index contributed by atoms with van der Waals surface area (Å²) in [6.07, 6.45) is 3.01. The van der Waals surface area contributed by atoms with Gasteiger partial charge in [0.25, 0.3) is 5.91 Å². The van der Waals surface area contributed by atoms with Crippen LogP contribution in [0.5, 0.6) is 5.75 Å². The Bertz CT molecular complexity index is 691. The normalized spacial score (nSPS) is 11.7. The Morgan fingerprint density at radius 2 is 2.17 bits per heavy atom.